The van der Waals surface area contributed by atoms with Crippen LogP contribution in [-0.2, 0) is 4.79 Å². The molecule has 0 aliphatic heterocycles. The third kappa shape index (κ3) is 4.55. The molecule has 0 bridgehead atoms. The summed E-state index contributed by atoms with van der Waals surface area (Å²) in [5, 5.41) is 6.43. The highest BCUT2D eigenvalue weighted by Gasteiger charge is 2.17. The van der Waals surface area contributed by atoms with Crippen molar-refractivity contribution in [2.75, 3.05) is 10.6 Å². The molecule has 1 amide bonds. The van der Waals surface area contributed by atoms with Crippen LogP contribution < -0.4 is 10.6 Å². The van der Waals surface area contributed by atoms with Gasteiger partial charge in [-0.25, -0.2) is 0 Å². The Balaban J connectivity index is 1.88. The minimum absolute atomic E-state index is 0.0277. The predicted molar refractivity (Wildman–Crippen MR) is 85.0 cm³/mol. The number of amides is 1. The number of nitrogens with one attached hydrogen (secondary N) is 2. The van der Waals surface area contributed by atoms with Gasteiger partial charge in [0.25, 0.3) is 0 Å². The summed E-state index contributed by atoms with van der Waals surface area (Å²) in [6.07, 6.45) is 7.92. The molecule has 2 N–H and O–H groups in total. The van der Waals surface area contributed by atoms with Crippen molar-refractivity contribution in [1.29, 1.82) is 0 Å². The van der Waals surface area contributed by atoms with Crippen molar-refractivity contribution in [3.8, 4) is 0 Å². The van der Waals surface area contributed by atoms with Crippen molar-refractivity contribution in [2.45, 2.75) is 58.4 Å². The molecule has 1 aliphatic rings. The van der Waals surface area contributed by atoms with E-state index in [4.69, 9.17) is 0 Å². The SMILES string of the molecule is CCC1CCCC(Nc2ccc(NC(C)=O)cc2)CC1. The zero-order chi connectivity index (χ0) is 14.4. The van der Waals surface area contributed by atoms with Gasteiger partial charge in [-0.15, -0.1) is 0 Å². The molecular weight excluding hydrogens is 248 g/mol. The van der Waals surface area contributed by atoms with E-state index in [1.165, 1.54) is 45.4 Å². The normalized spacial score (nSPS) is 22.9. The lowest BCUT2D eigenvalue weighted by Gasteiger charge is -2.18. The molecule has 1 saturated carbocycles. The Morgan fingerprint density at radius 3 is 2.45 bits per heavy atom. The second-order valence-corrected chi connectivity index (χ2v) is 5.88. The molecule has 3 nitrogen and oxygen atoms in total. The van der Waals surface area contributed by atoms with E-state index in [0.717, 1.165) is 17.3 Å². The molecule has 0 heterocycles. The molecule has 1 aromatic rings. The summed E-state index contributed by atoms with van der Waals surface area (Å²) in [6, 6.07) is 8.60. The van der Waals surface area contributed by atoms with Gasteiger partial charge in [-0.1, -0.05) is 26.2 Å². The summed E-state index contributed by atoms with van der Waals surface area (Å²) in [5.74, 6) is 0.893. The van der Waals surface area contributed by atoms with E-state index in [-0.39, 0.29) is 5.91 Å². The maximum atomic E-state index is 11.0. The molecule has 0 spiro atoms. The maximum absolute atomic E-state index is 11.0. The average molecular weight is 274 g/mol. The van der Waals surface area contributed by atoms with Crippen LogP contribution in [0.1, 0.15) is 52.4 Å². The van der Waals surface area contributed by atoms with Crippen molar-refractivity contribution < 1.29 is 4.79 Å². The molecule has 2 atom stereocenters. The molecule has 0 radical (unpaired) electrons. The van der Waals surface area contributed by atoms with E-state index in [0.29, 0.717) is 6.04 Å². The van der Waals surface area contributed by atoms with Crippen molar-refractivity contribution in [2.24, 2.45) is 5.92 Å². The highest BCUT2D eigenvalue weighted by Crippen LogP contribution is 2.27. The van der Waals surface area contributed by atoms with Gasteiger partial charge in [0.2, 0.25) is 5.91 Å². The zero-order valence-electron chi connectivity index (χ0n) is 12.6. The lowest BCUT2D eigenvalue weighted by Crippen LogP contribution is -2.18. The highest BCUT2D eigenvalue weighted by atomic mass is 16.1. The number of rotatable bonds is 4. The van der Waals surface area contributed by atoms with Crippen LogP contribution >= 0.6 is 0 Å². The van der Waals surface area contributed by atoms with Gasteiger partial charge in [0, 0.05) is 24.3 Å². The number of hydrogen-bond donors (Lipinski definition) is 2. The fourth-order valence-electron chi connectivity index (χ4n) is 3.02. The van der Waals surface area contributed by atoms with Gasteiger partial charge in [-0.05, 0) is 49.4 Å². The summed E-state index contributed by atoms with van der Waals surface area (Å²) in [6.45, 7) is 3.83. The molecule has 110 valence electrons. The van der Waals surface area contributed by atoms with E-state index in [1.54, 1.807) is 0 Å². The van der Waals surface area contributed by atoms with Crippen LogP contribution in [-0.4, -0.2) is 11.9 Å². The number of hydrogen-bond acceptors (Lipinski definition) is 2. The molecule has 1 aromatic carbocycles. The average Bonchev–Trinajstić information content (AvgIpc) is 2.65. The van der Waals surface area contributed by atoms with Crippen LogP contribution in [0.4, 0.5) is 11.4 Å². The highest BCUT2D eigenvalue weighted by molar-refractivity contribution is 5.88. The van der Waals surface area contributed by atoms with Gasteiger partial charge in [0.15, 0.2) is 0 Å². The number of benzene rings is 1. The molecule has 3 heteroatoms. The van der Waals surface area contributed by atoms with Crippen LogP contribution in [0.15, 0.2) is 24.3 Å². The smallest absolute Gasteiger partial charge is 0.221 e. The quantitative estimate of drug-likeness (QED) is 0.798. The lowest BCUT2D eigenvalue weighted by atomic mass is 9.98. The van der Waals surface area contributed by atoms with E-state index >= 15 is 0 Å². The first-order valence-electron chi connectivity index (χ1n) is 7.81. The first-order chi connectivity index (χ1) is 9.67. The Morgan fingerprint density at radius 2 is 1.80 bits per heavy atom. The molecule has 2 unspecified atom stereocenters. The Hall–Kier alpha value is -1.51. The lowest BCUT2D eigenvalue weighted by molar-refractivity contribution is -0.114. The van der Waals surface area contributed by atoms with E-state index in [1.807, 2.05) is 24.3 Å². The summed E-state index contributed by atoms with van der Waals surface area (Å²) >= 11 is 0. The van der Waals surface area contributed by atoms with E-state index in [9.17, 15) is 4.79 Å². The molecule has 1 aliphatic carbocycles. The van der Waals surface area contributed by atoms with Crippen LogP contribution in [0.5, 0.6) is 0 Å². The van der Waals surface area contributed by atoms with Gasteiger partial charge < -0.3 is 10.6 Å². The van der Waals surface area contributed by atoms with Gasteiger partial charge in [-0.2, -0.15) is 0 Å². The molecule has 0 aromatic heterocycles. The van der Waals surface area contributed by atoms with E-state index < -0.39 is 0 Å². The van der Waals surface area contributed by atoms with Crippen LogP contribution in [0, 0.1) is 5.92 Å². The standard InChI is InChI=1S/C17H26N2O/c1-3-14-5-4-6-15(8-7-14)19-17-11-9-16(10-12-17)18-13(2)20/h9-12,14-15,19H,3-8H2,1-2H3,(H,18,20). The van der Waals surface area contributed by atoms with Crippen LogP contribution in [0.2, 0.25) is 0 Å². The summed E-state index contributed by atoms with van der Waals surface area (Å²) in [7, 11) is 0. The zero-order valence-corrected chi connectivity index (χ0v) is 12.6. The molecule has 0 saturated heterocycles. The first kappa shape index (κ1) is 14.9. The third-order valence-electron chi connectivity index (χ3n) is 4.24. The summed E-state index contributed by atoms with van der Waals surface area (Å²) in [5.41, 5.74) is 2.01. The molecular formula is C17H26N2O. The maximum Gasteiger partial charge on any atom is 0.221 e. The van der Waals surface area contributed by atoms with Crippen molar-refractivity contribution in [1.82, 2.24) is 0 Å². The topological polar surface area (TPSA) is 41.1 Å². The second-order valence-electron chi connectivity index (χ2n) is 5.88. The van der Waals surface area contributed by atoms with Crippen molar-refractivity contribution >= 4 is 17.3 Å². The largest absolute Gasteiger partial charge is 0.382 e. The number of carbonyl (C=O) groups excluding carboxylic acids is 1. The first-order valence-corrected chi connectivity index (χ1v) is 7.81. The predicted octanol–water partition coefficient (Wildman–Crippen LogP) is 4.42. The van der Waals surface area contributed by atoms with Gasteiger partial charge in [0.05, 0.1) is 0 Å². The van der Waals surface area contributed by atoms with Crippen molar-refractivity contribution in [3.05, 3.63) is 24.3 Å². The number of carbonyl (C=O) groups is 1. The Morgan fingerprint density at radius 1 is 1.10 bits per heavy atom. The Bertz CT molecular complexity index is 427. The van der Waals surface area contributed by atoms with Gasteiger partial charge >= 0.3 is 0 Å². The van der Waals surface area contributed by atoms with E-state index in [2.05, 4.69) is 17.6 Å². The minimum atomic E-state index is -0.0277. The van der Waals surface area contributed by atoms with Crippen molar-refractivity contribution in [3.63, 3.8) is 0 Å². The molecule has 1 fully saturated rings. The fraction of sp³-hybridized carbons (Fsp3) is 0.588. The third-order valence-corrected chi connectivity index (χ3v) is 4.24. The molecule has 2 rings (SSSR count). The number of anilines is 2. The second kappa shape index (κ2) is 7.32. The monoisotopic (exact) mass is 274 g/mol. The van der Waals surface area contributed by atoms with Gasteiger partial charge in [-0.3, -0.25) is 4.79 Å². The van der Waals surface area contributed by atoms with Gasteiger partial charge in [0.1, 0.15) is 0 Å². The summed E-state index contributed by atoms with van der Waals surface area (Å²) in [4.78, 5) is 11.0. The van der Waals surface area contributed by atoms with Crippen LogP contribution in [0.3, 0.4) is 0 Å². The minimum Gasteiger partial charge on any atom is -0.382 e. The van der Waals surface area contributed by atoms with Crippen LogP contribution in [0.25, 0.3) is 0 Å². The summed E-state index contributed by atoms with van der Waals surface area (Å²) < 4.78 is 0. The Labute approximate surface area is 122 Å². The fourth-order valence-corrected chi connectivity index (χ4v) is 3.02. The molecule has 20 heavy (non-hydrogen) atoms. The Kier molecular flexibility index (Phi) is 5.45.